The van der Waals surface area contributed by atoms with Crippen molar-refractivity contribution in [2.75, 3.05) is 19.2 Å². The summed E-state index contributed by atoms with van der Waals surface area (Å²) in [6.45, 7) is 6.59. The second-order valence-corrected chi connectivity index (χ2v) is 12.5. The number of hydrogen-bond donors (Lipinski definition) is 3. The van der Waals surface area contributed by atoms with Gasteiger partial charge in [0.1, 0.15) is 16.4 Å². The van der Waals surface area contributed by atoms with Crippen molar-refractivity contribution in [2.24, 2.45) is 0 Å². The summed E-state index contributed by atoms with van der Waals surface area (Å²) < 4.78 is 53.2. The zero-order valence-electron chi connectivity index (χ0n) is 24.5. The molecular formula is C30H30N4O9S. The molecule has 1 aliphatic heterocycles. The lowest BCUT2D eigenvalue weighted by Gasteiger charge is -2.22. The van der Waals surface area contributed by atoms with Crippen molar-refractivity contribution in [3.8, 4) is 34.6 Å². The van der Waals surface area contributed by atoms with E-state index in [1.807, 2.05) is 0 Å². The average Bonchev–Trinajstić information content (AvgIpc) is 3.56. The van der Waals surface area contributed by atoms with Gasteiger partial charge in [0.05, 0.1) is 12.8 Å². The molecule has 44 heavy (non-hydrogen) atoms. The first-order valence-electron chi connectivity index (χ1n) is 13.3. The molecule has 1 aliphatic rings. The fourth-order valence-corrected chi connectivity index (χ4v) is 5.96. The van der Waals surface area contributed by atoms with Gasteiger partial charge in [-0.3, -0.25) is 4.79 Å². The molecule has 14 heteroatoms. The maximum Gasteiger partial charge on any atom is 0.356 e. The number of sulfonamides is 1. The average molecular weight is 623 g/mol. The van der Waals surface area contributed by atoms with Crippen LogP contribution in [-0.4, -0.2) is 54.6 Å². The molecule has 0 saturated carbocycles. The Bertz CT molecular complexity index is 1860. The van der Waals surface area contributed by atoms with E-state index in [0.29, 0.717) is 22.9 Å². The molecule has 0 bridgehead atoms. The molecule has 13 nitrogen and oxygen atoms in total. The molecular weight excluding hydrogens is 592 g/mol. The van der Waals surface area contributed by atoms with Crippen LogP contribution in [0.4, 0.5) is 5.69 Å². The molecule has 0 saturated heterocycles. The highest BCUT2D eigenvalue weighted by Crippen LogP contribution is 2.37. The van der Waals surface area contributed by atoms with Crippen molar-refractivity contribution in [2.45, 2.75) is 38.1 Å². The van der Waals surface area contributed by atoms with E-state index in [0.717, 1.165) is 0 Å². The van der Waals surface area contributed by atoms with Gasteiger partial charge in [-0.05, 0) is 88.4 Å². The molecule has 1 aromatic heterocycles. The summed E-state index contributed by atoms with van der Waals surface area (Å²) >= 11 is 0. The number of ether oxygens (including phenoxy) is 4. The van der Waals surface area contributed by atoms with E-state index in [4.69, 9.17) is 18.9 Å². The molecule has 0 fully saturated rings. The fourth-order valence-electron chi connectivity index (χ4n) is 4.39. The Morgan fingerprint density at radius 2 is 1.70 bits per heavy atom. The zero-order chi connectivity index (χ0) is 31.8. The van der Waals surface area contributed by atoms with Gasteiger partial charge >= 0.3 is 5.97 Å². The molecule has 0 atom stereocenters. The first-order valence-corrected chi connectivity index (χ1v) is 14.8. The van der Waals surface area contributed by atoms with Gasteiger partial charge < -0.3 is 29.4 Å². The number of nitrogens with zero attached hydrogens (tertiary/aromatic N) is 2. The number of carboxylic acid groups (broad SMARTS) is 1. The summed E-state index contributed by atoms with van der Waals surface area (Å²) in [5.41, 5.74) is -0.0884. The smallest absolute Gasteiger partial charge is 0.356 e. The molecule has 0 aliphatic carbocycles. The second-order valence-electron chi connectivity index (χ2n) is 10.8. The monoisotopic (exact) mass is 622 g/mol. The predicted octanol–water partition coefficient (Wildman–Crippen LogP) is 4.74. The Morgan fingerprint density at radius 3 is 2.36 bits per heavy atom. The number of fused-ring (bicyclic) bond motifs is 1. The lowest BCUT2D eigenvalue weighted by molar-refractivity contribution is 0.0689. The van der Waals surface area contributed by atoms with E-state index < -0.39 is 27.4 Å². The van der Waals surface area contributed by atoms with Crippen LogP contribution in [-0.2, 0) is 10.0 Å². The Labute approximate surface area is 253 Å². The topological polar surface area (TPSA) is 167 Å². The van der Waals surface area contributed by atoms with Gasteiger partial charge in [0.25, 0.3) is 5.91 Å². The van der Waals surface area contributed by atoms with Crippen molar-refractivity contribution in [3.63, 3.8) is 0 Å². The molecule has 3 N–H and O–H groups in total. The van der Waals surface area contributed by atoms with Crippen LogP contribution in [0.25, 0.3) is 5.69 Å². The van der Waals surface area contributed by atoms with Crippen molar-refractivity contribution in [3.05, 3.63) is 77.5 Å². The van der Waals surface area contributed by atoms with Gasteiger partial charge in [-0.2, -0.15) is 9.78 Å². The van der Waals surface area contributed by atoms with Crippen LogP contribution in [0.1, 0.15) is 47.2 Å². The van der Waals surface area contributed by atoms with Crippen molar-refractivity contribution in [1.82, 2.24) is 14.5 Å². The predicted molar refractivity (Wildman–Crippen MR) is 159 cm³/mol. The molecule has 2 heterocycles. The number of anilines is 1. The Balaban J connectivity index is 1.56. The molecule has 0 radical (unpaired) electrons. The number of aromatic nitrogens is 2. The highest BCUT2D eigenvalue weighted by molar-refractivity contribution is 7.89. The summed E-state index contributed by atoms with van der Waals surface area (Å²) in [4.78, 5) is 24.7. The first-order chi connectivity index (χ1) is 20.8. The summed E-state index contributed by atoms with van der Waals surface area (Å²) in [5.74, 6) is -0.441. The van der Waals surface area contributed by atoms with E-state index >= 15 is 0 Å². The summed E-state index contributed by atoms with van der Waals surface area (Å²) in [7, 11) is -2.72. The van der Waals surface area contributed by atoms with Crippen molar-refractivity contribution in [1.29, 1.82) is 0 Å². The maximum absolute atomic E-state index is 13.7. The van der Waals surface area contributed by atoms with Crippen LogP contribution in [0.5, 0.6) is 28.9 Å². The quantitative estimate of drug-likeness (QED) is 0.237. The minimum Gasteiger partial charge on any atom is -0.497 e. The number of carbonyl (C=O) groups is 2. The lowest BCUT2D eigenvalue weighted by atomic mass is 10.1. The van der Waals surface area contributed by atoms with E-state index in [2.05, 4.69) is 15.1 Å². The number of aromatic carboxylic acids is 1. The minimum absolute atomic E-state index is 0.0167. The SMILES string of the molecule is COc1ccc(-n2nc(C(=O)O)c(C)c2Oc2ccc(NC(=O)c3ccc4c(c3)OCO4)cc2S(=O)(=O)NC(C)(C)C)cc1. The number of carbonyl (C=O) groups excluding carboxylic acids is 1. The third-order valence-electron chi connectivity index (χ3n) is 6.36. The van der Waals surface area contributed by atoms with Gasteiger partial charge in [-0.25, -0.2) is 17.9 Å². The number of carboxylic acids is 1. The largest absolute Gasteiger partial charge is 0.497 e. The van der Waals surface area contributed by atoms with E-state index in [9.17, 15) is 23.1 Å². The zero-order valence-corrected chi connectivity index (χ0v) is 25.3. The van der Waals surface area contributed by atoms with E-state index in [1.54, 1.807) is 57.2 Å². The molecule has 5 rings (SSSR count). The molecule has 1 amide bonds. The highest BCUT2D eigenvalue weighted by atomic mass is 32.2. The van der Waals surface area contributed by atoms with E-state index in [1.165, 1.54) is 43.0 Å². The van der Waals surface area contributed by atoms with Gasteiger partial charge in [0, 0.05) is 22.4 Å². The number of nitrogens with one attached hydrogen (secondary N) is 2. The Morgan fingerprint density at radius 1 is 1.00 bits per heavy atom. The standard InChI is InChI=1S/C30H30N4O9S/c1-17-26(29(36)37)32-34(20-8-10-21(40-5)11-9-20)28(17)43-23-13-7-19(15-25(23)44(38,39)33-30(2,3)4)31-27(35)18-6-12-22-24(14-18)42-16-41-22/h6-15,33H,16H2,1-5H3,(H,31,35)(H,36,37). The fraction of sp³-hybridized carbons (Fsp3) is 0.233. The third kappa shape index (κ3) is 6.31. The minimum atomic E-state index is -4.23. The summed E-state index contributed by atoms with van der Waals surface area (Å²) in [5, 5.41) is 16.7. The van der Waals surface area contributed by atoms with Gasteiger partial charge in [0.2, 0.25) is 22.7 Å². The number of benzene rings is 3. The second kappa shape index (κ2) is 11.5. The maximum atomic E-state index is 13.7. The third-order valence-corrected chi connectivity index (χ3v) is 8.14. The van der Waals surface area contributed by atoms with Crippen LogP contribution in [0.2, 0.25) is 0 Å². The number of amides is 1. The van der Waals surface area contributed by atoms with Crippen LogP contribution >= 0.6 is 0 Å². The van der Waals surface area contributed by atoms with Crippen LogP contribution in [0.15, 0.2) is 65.6 Å². The molecule has 4 aromatic rings. The van der Waals surface area contributed by atoms with Crippen molar-refractivity contribution < 1.29 is 42.1 Å². The van der Waals surface area contributed by atoms with Crippen molar-refractivity contribution >= 4 is 27.6 Å². The van der Waals surface area contributed by atoms with Crippen LogP contribution in [0.3, 0.4) is 0 Å². The van der Waals surface area contributed by atoms with Crippen LogP contribution < -0.4 is 29.0 Å². The summed E-state index contributed by atoms with van der Waals surface area (Å²) in [6.07, 6.45) is 0. The Kier molecular flexibility index (Phi) is 7.97. The molecule has 3 aromatic carbocycles. The lowest BCUT2D eigenvalue weighted by Crippen LogP contribution is -2.40. The van der Waals surface area contributed by atoms with E-state index in [-0.39, 0.29) is 45.8 Å². The molecule has 0 spiro atoms. The highest BCUT2D eigenvalue weighted by Gasteiger charge is 2.29. The number of rotatable bonds is 9. The van der Waals surface area contributed by atoms with Gasteiger partial charge in [-0.15, -0.1) is 0 Å². The Hall–Kier alpha value is -5.08. The first kappa shape index (κ1) is 30.4. The molecule has 230 valence electrons. The summed E-state index contributed by atoms with van der Waals surface area (Å²) in [6, 6.07) is 15.4. The van der Waals surface area contributed by atoms with Gasteiger partial charge in [0.15, 0.2) is 17.2 Å². The van der Waals surface area contributed by atoms with Gasteiger partial charge in [-0.1, -0.05) is 0 Å². The molecule has 0 unspecified atom stereocenters. The number of methoxy groups -OCH3 is 1. The normalized spacial score (nSPS) is 12.6. The number of hydrogen-bond acceptors (Lipinski definition) is 9. The van der Waals surface area contributed by atoms with Crippen LogP contribution in [0, 0.1) is 6.92 Å².